The highest BCUT2D eigenvalue weighted by Crippen LogP contribution is 2.29. The number of aryl methyl sites for hydroxylation is 1. The highest BCUT2D eigenvalue weighted by Gasteiger charge is 2.35. The monoisotopic (exact) mass is 459 g/mol. The molecular formula is C19H20Cl3N3O2S. The summed E-state index contributed by atoms with van der Waals surface area (Å²) >= 11 is 23.3. The van der Waals surface area contributed by atoms with Gasteiger partial charge in [-0.2, -0.15) is 0 Å². The van der Waals surface area contributed by atoms with E-state index in [2.05, 4.69) is 16.0 Å². The molecule has 1 atom stereocenters. The summed E-state index contributed by atoms with van der Waals surface area (Å²) in [4.78, 5) is 12.6. The summed E-state index contributed by atoms with van der Waals surface area (Å²) in [6, 6.07) is 14.3. The molecule has 150 valence electrons. The molecule has 0 aromatic heterocycles. The van der Waals surface area contributed by atoms with E-state index in [1.165, 1.54) is 0 Å². The van der Waals surface area contributed by atoms with E-state index in [0.717, 1.165) is 11.3 Å². The molecule has 0 aliphatic carbocycles. The van der Waals surface area contributed by atoms with Crippen LogP contribution in [0.3, 0.4) is 0 Å². The summed E-state index contributed by atoms with van der Waals surface area (Å²) in [6.45, 7) is 4.32. The molecule has 0 bridgehead atoms. The van der Waals surface area contributed by atoms with Crippen LogP contribution in [0.2, 0.25) is 0 Å². The number of thiocarbonyl (C=S) groups is 1. The van der Waals surface area contributed by atoms with Crippen molar-refractivity contribution in [2.75, 3.05) is 11.9 Å². The number of amides is 1. The number of hydrogen-bond donors (Lipinski definition) is 3. The average molecular weight is 461 g/mol. The van der Waals surface area contributed by atoms with Crippen molar-refractivity contribution < 1.29 is 9.53 Å². The predicted molar refractivity (Wildman–Crippen MR) is 120 cm³/mol. The maximum absolute atomic E-state index is 12.6. The third-order valence-electron chi connectivity index (χ3n) is 3.69. The van der Waals surface area contributed by atoms with Crippen LogP contribution in [0.5, 0.6) is 5.75 Å². The molecule has 1 unspecified atom stereocenters. The number of nitrogens with one attached hydrogen (secondary N) is 3. The van der Waals surface area contributed by atoms with E-state index < -0.39 is 9.96 Å². The molecule has 0 heterocycles. The van der Waals surface area contributed by atoms with Crippen molar-refractivity contribution in [1.82, 2.24) is 10.6 Å². The number of anilines is 1. The number of halogens is 3. The summed E-state index contributed by atoms with van der Waals surface area (Å²) in [5.74, 6) is 0.363. The first kappa shape index (κ1) is 22.6. The average Bonchev–Trinajstić information content (AvgIpc) is 2.62. The Bertz CT molecular complexity index is 826. The molecule has 3 N–H and O–H groups in total. The lowest BCUT2D eigenvalue weighted by molar-refractivity contribution is 0.0934. The zero-order valence-electron chi connectivity index (χ0n) is 15.3. The second-order valence-electron chi connectivity index (χ2n) is 5.82. The van der Waals surface area contributed by atoms with E-state index in [0.29, 0.717) is 17.9 Å². The first-order valence-electron chi connectivity index (χ1n) is 8.44. The van der Waals surface area contributed by atoms with Gasteiger partial charge in [-0.05, 0) is 62.0 Å². The van der Waals surface area contributed by atoms with Gasteiger partial charge in [-0.1, -0.05) is 53.0 Å². The van der Waals surface area contributed by atoms with Crippen molar-refractivity contribution in [1.29, 1.82) is 0 Å². The molecule has 5 nitrogen and oxygen atoms in total. The van der Waals surface area contributed by atoms with Gasteiger partial charge in [-0.3, -0.25) is 4.79 Å². The molecule has 0 saturated carbocycles. The number of benzene rings is 2. The minimum atomic E-state index is -1.83. The Morgan fingerprint density at radius 2 is 1.75 bits per heavy atom. The molecular weight excluding hydrogens is 441 g/mol. The third kappa shape index (κ3) is 6.71. The predicted octanol–water partition coefficient (Wildman–Crippen LogP) is 4.81. The lowest BCUT2D eigenvalue weighted by Gasteiger charge is -2.28. The van der Waals surface area contributed by atoms with E-state index in [-0.39, 0.29) is 11.0 Å². The molecule has 0 aliphatic heterocycles. The Labute approximate surface area is 184 Å². The molecule has 0 aliphatic rings. The van der Waals surface area contributed by atoms with Crippen LogP contribution in [0.1, 0.15) is 22.8 Å². The first-order valence-corrected chi connectivity index (χ1v) is 9.98. The van der Waals surface area contributed by atoms with E-state index in [9.17, 15) is 4.79 Å². The van der Waals surface area contributed by atoms with E-state index in [1.807, 2.05) is 26.0 Å². The Kier molecular flexibility index (Phi) is 8.19. The van der Waals surface area contributed by atoms with Gasteiger partial charge >= 0.3 is 0 Å². The fraction of sp³-hybridized carbons (Fsp3) is 0.263. The lowest BCUT2D eigenvalue weighted by Crippen LogP contribution is -2.56. The van der Waals surface area contributed by atoms with Crippen LogP contribution in [-0.4, -0.2) is 27.6 Å². The van der Waals surface area contributed by atoms with Crippen LogP contribution in [0.15, 0.2) is 48.5 Å². The fourth-order valence-electron chi connectivity index (χ4n) is 2.34. The number of alkyl halides is 3. The van der Waals surface area contributed by atoms with Gasteiger partial charge in [0.1, 0.15) is 11.9 Å². The van der Waals surface area contributed by atoms with Gasteiger partial charge in [0.2, 0.25) is 3.79 Å². The molecule has 2 rings (SSSR count). The minimum absolute atomic E-state index is 0.186. The first-order chi connectivity index (χ1) is 13.2. The van der Waals surface area contributed by atoms with Gasteiger partial charge in [0.25, 0.3) is 5.91 Å². The second kappa shape index (κ2) is 10.2. The van der Waals surface area contributed by atoms with Crippen molar-refractivity contribution in [3.8, 4) is 5.75 Å². The van der Waals surface area contributed by atoms with Crippen LogP contribution in [0.25, 0.3) is 0 Å². The highest BCUT2D eigenvalue weighted by atomic mass is 35.6. The summed E-state index contributed by atoms with van der Waals surface area (Å²) in [5, 5.41) is 8.65. The van der Waals surface area contributed by atoms with Crippen molar-refractivity contribution in [2.45, 2.75) is 23.8 Å². The maximum Gasteiger partial charge on any atom is 0.253 e. The van der Waals surface area contributed by atoms with Crippen LogP contribution in [-0.2, 0) is 0 Å². The molecule has 0 spiro atoms. The van der Waals surface area contributed by atoms with Gasteiger partial charge in [0.05, 0.1) is 6.61 Å². The summed E-state index contributed by atoms with van der Waals surface area (Å²) < 4.78 is 3.56. The zero-order chi connectivity index (χ0) is 20.7. The van der Waals surface area contributed by atoms with E-state index in [1.54, 1.807) is 36.4 Å². The van der Waals surface area contributed by atoms with Crippen LogP contribution >= 0.6 is 47.0 Å². The summed E-state index contributed by atoms with van der Waals surface area (Å²) in [6.07, 6.45) is -1.05. The van der Waals surface area contributed by atoms with E-state index >= 15 is 0 Å². The van der Waals surface area contributed by atoms with Crippen molar-refractivity contribution in [3.63, 3.8) is 0 Å². The minimum Gasteiger partial charge on any atom is -0.494 e. The third-order valence-corrected chi connectivity index (χ3v) is 4.57. The Balaban J connectivity index is 2.04. The zero-order valence-corrected chi connectivity index (χ0v) is 18.3. The van der Waals surface area contributed by atoms with E-state index in [4.69, 9.17) is 51.8 Å². The van der Waals surface area contributed by atoms with Crippen molar-refractivity contribution >= 4 is 63.7 Å². The summed E-state index contributed by atoms with van der Waals surface area (Å²) in [5.41, 5.74) is 2.00. The SMILES string of the molecule is CCOc1ccc(NC(=S)NC(NC(=O)c2ccccc2C)C(Cl)(Cl)Cl)cc1. The van der Waals surface area contributed by atoms with Gasteiger partial charge in [-0.15, -0.1) is 0 Å². The Hall–Kier alpha value is -1.73. The van der Waals surface area contributed by atoms with Gasteiger partial charge in [0, 0.05) is 11.3 Å². The van der Waals surface area contributed by atoms with Crippen molar-refractivity contribution in [3.05, 3.63) is 59.7 Å². The van der Waals surface area contributed by atoms with Gasteiger partial charge < -0.3 is 20.7 Å². The largest absolute Gasteiger partial charge is 0.494 e. The maximum atomic E-state index is 12.6. The van der Waals surface area contributed by atoms with Crippen molar-refractivity contribution in [2.24, 2.45) is 0 Å². The smallest absolute Gasteiger partial charge is 0.253 e. The number of carbonyl (C=O) groups is 1. The number of ether oxygens (including phenoxy) is 1. The lowest BCUT2D eigenvalue weighted by atomic mass is 10.1. The Morgan fingerprint density at radius 1 is 1.11 bits per heavy atom. The highest BCUT2D eigenvalue weighted by molar-refractivity contribution is 7.80. The fourth-order valence-corrected chi connectivity index (χ4v) is 2.90. The topological polar surface area (TPSA) is 62.4 Å². The standard InChI is InChI=1S/C19H20Cl3N3O2S/c1-3-27-14-10-8-13(9-11-14)23-18(28)25-17(19(20,21)22)24-16(26)15-7-5-4-6-12(15)2/h4-11,17H,3H2,1-2H3,(H,24,26)(H2,23,25,28). The number of hydrogen-bond acceptors (Lipinski definition) is 3. The molecule has 0 radical (unpaired) electrons. The molecule has 2 aromatic carbocycles. The number of carbonyl (C=O) groups excluding carboxylic acids is 1. The van der Waals surface area contributed by atoms with Crippen LogP contribution < -0.4 is 20.7 Å². The molecule has 9 heteroatoms. The number of rotatable bonds is 6. The van der Waals surface area contributed by atoms with Gasteiger partial charge in [-0.25, -0.2) is 0 Å². The normalized spacial score (nSPS) is 12.0. The van der Waals surface area contributed by atoms with Crippen LogP contribution in [0.4, 0.5) is 5.69 Å². The summed E-state index contributed by atoms with van der Waals surface area (Å²) in [7, 11) is 0. The molecule has 28 heavy (non-hydrogen) atoms. The second-order valence-corrected chi connectivity index (χ2v) is 8.60. The molecule has 0 fully saturated rings. The molecule has 2 aromatic rings. The molecule has 1 amide bonds. The molecule has 0 saturated heterocycles. The Morgan fingerprint density at radius 3 is 2.32 bits per heavy atom. The van der Waals surface area contributed by atoms with Gasteiger partial charge in [0.15, 0.2) is 5.11 Å². The quantitative estimate of drug-likeness (QED) is 0.328. The van der Waals surface area contributed by atoms with Crippen LogP contribution in [0, 0.1) is 6.92 Å².